The van der Waals surface area contributed by atoms with Crippen LogP contribution in [0.5, 0.6) is 0 Å². The van der Waals surface area contributed by atoms with Crippen molar-refractivity contribution in [1.29, 1.82) is 0 Å². The van der Waals surface area contributed by atoms with E-state index in [1.165, 1.54) is 7.05 Å². The van der Waals surface area contributed by atoms with Gasteiger partial charge >= 0.3 is 12.1 Å². The van der Waals surface area contributed by atoms with Crippen LogP contribution in [0.15, 0.2) is 18.2 Å². The first-order valence-electron chi connectivity index (χ1n) is 4.95. The van der Waals surface area contributed by atoms with Crippen molar-refractivity contribution in [3.05, 3.63) is 35.1 Å². The van der Waals surface area contributed by atoms with Crippen LogP contribution >= 0.6 is 0 Å². The summed E-state index contributed by atoms with van der Waals surface area (Å²) in [6, 6.07) is 2.98. The fourth-order valence-corrected chi connectivity index (χ4v) is 1.54. The SMILES string of the molecule is CN(Cc1cc(F)cc(C(=O)O)c1)CC(F)(F)F. The van der Waals surface area contributed by atoms with E-state index >= 15 is 0 Å². The molecule has 0 aromatic heterocycles. The molecule has 0 saturated heterocycles. The summed E-state index contributed by atoms with van der Waals surface area (Å²) in [6.45, 7) is -1.33. The van der Waals surface area contributed by atoms with E-state index in [9.17, 15) is 22.4 Å². The lowest BCUT2D eigenvalue weighted by molar-refractivity contribution is -0.144. The minimum atomic E-state index is -4.35. The van der Waals surface area contributed by atoms with E-state index in [2.05, 4.69) is 0 Å². The number of carbonyl (C=O) groups is 1. The van der Waals surface area contributed by atoms with Gasteiger partial charge in [0.15, 0.2) is 0 Å². The zero-order valence-corrected chi connectivity index (χ0v) is 9.46. The van der Waals surface area contributed by atoms with E-state index in [1.807, 2.05) is 0 Å². The molecule has 0 amide bonds. The smallest absolute Gasteiger partial charge is 0.401 e. The predicted molar refractivity (Wildman–Crippen MR) is 55.7 cm³/mol. The van der Waals surface area contributed by atoms with Crippen LogP contribution in [0, 0.1) is 5.82 Å². The average Bonchev–Trinajstić information content (AvgIpc) is 2.12. The second-order valence-electron chi connectivity index (χ2n) is 3.94. The van der Waals surface area contributed by atoms with Crippen molar-refractivity contribution in [1.82, 2.24) is 4.90 Å². The molecule has 0 atom stereocenters. The van der Waals surface area contributed by atoms with Gasteiger partial charge in [-0.2, -0.15) is 13.2 Å². The van der Waals surface area contributed by atoms with Gasteiger partial charge in [-0.05, 0) is 30.8 Å². The highest BCUT2D eigenvalue weighted by Crippen LogP contribution is 2.18. The molecule has 0 fully saturated rings. The third-order valence-electron chi connectivity index (χ3n) is 2.11. The fourth-order valence-electron chi connectivity index (χ4n) is 1.54. The number of carboxylic acids is 1. The molecule has 0 aliphatic carbocycles. The molecule has 0 saturated carbocycles. The Balaban J connectivity index is 2.81. The number of nitrogens with zero attached hydrogens (tertiary/aromatic N) is 1. The predicted octanol–water partition coefficient (Wildman–Crippen LogP) is 2.52. The van der Waals surface area contributed by atoms with Gasteiger partial charge in [-0.3, -0.25) is 4.90 Å². The van der Waals surface area contributed by atoms with Gasteiger partial charge < -0.3 is 5.11 Å². The second kappa shape index (κ2) is 5.34. The van der Waals surface area contributed by atoms with Crippen LogP contribution in [0.25, 0.3) is 0 Å². The molecule has 0 radical (unpaired) electrons. The summed E-state index contributed by atoms with van der Waals surface area (Å²) in [5.41, 5.74) is -0.107. The van der Waals surface area contributed by atoms with E-state index < -0.39 is 24.5 Å². The highest BCUT2D eigenvalue weighted by Gasteiger charge is 2.29. The van der Waals surface area contributed by atoms with E-state index in [-0.39, 0.29) is 17.7 Å². The van der Waals surface area contributed by atoms with E-state index in [1.54, 1.807) is 0 Å². The summed E-state index contributed by atoms with van der Waals surface area (Å²) in [5, 5.41) is 8.69. The molecule has 100 valence electrons. The minimum absolute atomic E-state index is 0.180. The minimum Gasteiger partial charge on any atom is -0.478 e. The molecular formula is C11H11F4NO2. The van der Waals surface area contributed by atoms with Crippen molar-refractivity contribution in [2.75, 3.05) is 13.6 Å². The zero-order valence-electron chi connectivity index (χ0n) is 9.46. The van der Waals surface area contributed by atoms with Gasteiger partial charge in [0, 0.05) is 6.54 Å². The molecule has 1 aromatic rings. The summed E-state index contributed by atoms with van der Waals surface area (Å²) < 4.78 is 49.3. The molecule has 1 rings (SSSR count). The van der Waals surface area contributed by atoms with Gasteiger partial charge in [0.2, 0.25) is 0 Å². The van der Waals surface area contributed by atoms with Crippen LogP contribution in [0.1, 0.15) is 15.9 Å². The monoisotopic (exact) mass is 265 g/mol. The van der Waals surface area contributed by atoms with Crippen LogP contribution in [0.3, 0.4) is 0 Å². The Morgan fingerprint density at radius 3 is 2.44 bits per heavy atom. The molecule has 0 bridgehead atoms. The number of rotatable bonds is 4. The number of carboxylic acid groups (broad SMARTS) is 1. The maximum atomic E-state index is 13.1. The Hall–Kier alpha value is -1.63. The third-order valence-corrected chi connectivity index (χ3v) is 2.11. The summed E-state index contributed by atoms with van der Waals surface area (Å²) in [6.07, 6.45) is -4.35. The normalized spacial score (nSPS) is 11.9. The summed E-state index contributed by atoms with van der Waals surface area (Å²) in [4.78, 5) is 11.6. The fraction of sp³-hybridized carbons (Fsp3) is 0.364. The van der Waals surface area contributed by atoms with Gasteiger partial charge in [-0.1, -0.05) is 0 Å². The Labute approximate surface area is 101 Å². The molecule has 0 unspecified atom stereocenters. The van der Waals surface area contributed by atoms with Crippen LogP contribution < -0.4 is 0 Å². The molecule has 0 heterocycles. The lowest BCUT2D eigenvalue weighted by atomic mass is 10.1. The van der Waals surface area contributed by atoms with Gasteiger partial charge in [-0.25, -0.2) is 9.18 Å². The molecule has 0 spiro atoms. The number of hydrogen-bond acceptors (Lipinski definition) is 2. The molecule has 1 N–H and O–H groups in total. The van der Waals surface area contributed by atoms with Crippen LogP contribution in [-0.2, 0) is 6.54 Å². The highest BCUT2D eigenvalue weighted by molar-refractivity contribution is 5.87. The van der Waals surface area contributed by atoms with Gasteiger partial charge in [0.05, 0.1) is 12.1 Å². The summed E-state index contributed by atoms with van der Waals surface area (Å²) in [7, 11) is 1.22. The first-order chi connectivity index (χ1) is 8.17. The van der Waals surface area contributed by atoms with Crippen LogP contribution in [0.4, 0.5) is 17.6 Å². The number of hydrogen-bond donors (Lipinski definition) is 1. The molecular weight excluding hydrogens is 254 g/mol. The maximum absolute atomic E-state index is 13.1. The van der Waals surface area contributed by atoms with Crippen molar-refractivity contribution in [3.8, 4) is 0 Å². The Kier molecular flexibility index (Phi) is 4.28. The molecule has 3 nitrogen and oxygen atoms in total. The van der Waals surface area contributed by atoms with Gasteiger partial charge in [-0.15, -0.1) is 0 Å². The van der Waals surface area contributed by atoms with Crippen molar-refractivity contribution in [2.24, 2.45) is 0 Å². The quantitative estimate of drug-likeness (QED) is 0.850. The van der Waals surface area contributed by atoms with Gasteiger partial charge in [0.25, 0.3) is 0 Å². The first kappa shape index (κ1) is 14.4. The van der Waals surface area contributed by atoms with Crippen LogP contribution in [0.2, 0.25) is 0 Å². The first-order valence-corrected chi connectivity index (χ1v) is 4.95. The largest absolute Gasteiger partial charge is 0.478 e. The lowest BCUT2D eigenvalue weighted by Gasteiger charge is -2.18. The Morgan fingerprint density at radius 2 is 1.94 bits per heavy atom. The highest BCUT2D eigenvalue weighted by atomic mass is 19.4. The number of halogens is 4. The van der Waals surface area contributed by atoms with Crippen molar-refractivity contribution < 1.29 is 27.5 Å². The molecule has 18 heavy (non-hydrogen) atoms. The average molecular weight is 265 g/mol. The standard InChI is InChI=1S/C11H11F4NO2/c1-16(6-11(13,14)15)5-7-2-8(10(17)18)4-9(12)3-7/h2-4H,5-6H2,1H3,(H,17,18). The van der Waals surface area contributed by atoms with Crippen molar-refractivity contribution in [3.63, 3.8) is 0 Å². The van der Waals surface area contributed by atoms with E-state index in [0.717, 1.165) is 23.1 Å². The topological polar surface area (TPSA) is 40.5 Å². The summed E-state index contributed by atoms with van der Waals surface area (Å²) >= 11 is 0. The van der Waals surface area contributed by atoms with Crippen molar-refractivity contribution in [2.45, 2.75) is 12.7 Å². The molecule has 0 aliphatic rings. The molecule has 1 aromatic carbocycles. The lowest BCUT2D eigenvalue weighted by Crippen LogP contribution is -2.30. The Morgan fingerprint density at radius 1 is 1.33 bits per heavy atom. The molecule has 7 heteroatoms. The van der Waals surface area contributed by atoms with Crippen molar-refractivity contribution >= 4 is 5.97 Å². The third kappa shape index (κ3) is 4.70. The van der Waals surface area contributed by atoms with Crippen LogP contribution in [-0.4, -0.2) is 35.7 Å². The number of aromatic carboxylic acids is 1. The zero-order chi connectivity index (χ0) is 13.9. The number of alkyl halides is 3. The Bertz CT molecular complexity index is 445. The second-order valence-corrected chi connectivity index (χ2v) is 3.94. The van der Waals surface area contributed by atoms with E-state index in [0.29, 0.717) is 0 Å². The van der Waals surface area contributed by atoms with E-state index in [4.69, 9.17) is 5.11 Å². The maximum Gasteiger partial charge on any atom is 0.401 e. The number of benzene rings is 1. The summed E-state index contributed by atoms with van der Waals surface area (Å²) in [5.74, 6) is -2.11. The molecule has 0 aliphatic heterocycles. The van der Waals surface area contributed by atoms with Gasteiger partial charge in [0.1, 0.15) is 5.82 Å².